The molecule has 1 saturated heterocycles. The van der Waals surface area contributed by atoms with Crippen LogP contribution in [0.25, 0.3) is 0 Å². The highest BCUT2D eigenvalue weighted by atomic mass is 19.4. The van der Waals surface area contributed by atoms with Crippen molar-refractivity contribution in [3.63, 3.8) is 0 Å². The van der Waals surface area contributed by atoms with Gasteiger partial charge >= 0.3 is 6.18 Å². The van der Waals surface area contributed by atoms with E-state index in [-0.39, 0.29) is 17.7 Å². The molecule has 3 aromatic carbocycles. The summed E-state index contributed by atoms with van der Waals surface area (Å²) in [5, 5.41) is 0. The lowest BCUT2D eigenvalue weighted by Crippen LogP contribution is -2.55. The molecule has 0 spiro atoms. The number of carbonyl (C=O) groups is 1. The smallest absolute Gasteiger partial charge is 0.416 e. The van der Waals surface area contributed by atoms with Crippen LogP contribution in [0.4, 0.5) is 18.9 Å². The van der Waals surface area contributed by atoms with E-state index in [0.717, 1.165) is 12.1 Å². The number of piperazine rings is 1. The van der Waals surface area contributed by atoms with Crippen LogP contribution in [-0.2, 0) is 6.18 Å². The van der Waals surface area contributed by atoms with Crippen molar-refractivity contribution in [2.24, 2.45) is 4.99 Å². The molecule has 5 nitrogen and oxygen atoms in total. The van der Waals surface area contributed by atoms with Crippen LogP contribution in [0.1, 0.15) is 28.4 Å². The minimum Gasteiger partial charge on any atom is -0.454 e. The van der Waals surface area contributed by atoms with E-state index >= 15 is 0 Å². The molecule has 8 heteroatoms. The molecule has 3 aromatic rings. The first-order valence-electron chi connectivity index (χ1n) is 11.0. The first-order valence-corrected chi connectivity index (χ1v) is 11.0. The molecular weight excluding hydrogens is 443 g/mol. The third kappa shape index (κ3) is 4.11. The van der Waals surface area contributed by atoms with Gasteiger partial charge in [-0.2, -0.15) is 13.2 Å². The lowest BCUT2D eigenvalue weighted by Gasteiger charge is -2.41. The topological polar surface area (TPSA) is 45.1 Å². The second-order valence-electron chi connectivity index (χ2n) is 8.37. The van der Waals surface area contributed by atoms with Crippen LogP contribution >= 0.6 is 0 Å². The molecule has 0 N–H and O–H groups in total. The number of halogens is 3. The van der Waals surface area contributed by atoms with Crippen LogP contribution in [0, 0.1) is 0 Å². The summed E-state index contributed by atoms with van der Waals surface area (Å²) in [7, 11) is 0. The lowest BCUT2D eigenvalue weighted by molar-refractivity contribution is -0.137. The van der Waals surface area contributed by atoms with Crippen molar-refractivity contribution in [2.45, 2.75) is 19.1 Å². The molecule has 2 heterocycles. The Morgan fingerprint density at radius 3 is 2.44 bits per heavy atom. The Morgan fingerprint density at radius 1 is 0.971 bits per heavy atom. The van der Waals surface area contributed by atoms with Gasteiger partial charge in [-0.25, -0.2) is 4.99 Å². The third-order valence-corrected chi connectivity index (χ3v) is 6.07. The van der Waals surface area contributed by atoms with Crippen molar-refractivity contribution in [2.75, 3.05) is 19.6 Å². The molecule has 0 radical (unpaired) electrons. The zero-order valence-corrected chi connectivity index (χ0v) is 18.4. The van der Waals surface area contributed by atoms with Crippen molar-refractivity contribution >= 4 is 17.4 Å². The second kappa shape index (κ2) is 8.52. The summed E-state index contributed by atoms with van der Waals surface area (Å²) in [4.78, 5) is 21.6. The minimum atomic E-state index is -4.48. The number of nitrogens with zero attached hydrogens (tertiary/aromatic N) is 3. The Bertz CT molecular complexity index is 1260. The van der Waals surface area contributed by atoms with Crippen LogP contribution in [0.15, 0.2) is 77.8 Å². The molecule has 2 aliphatic heterocycles. The van der Waals surface area contributed by atoms with Crippen LogP contribution in [0.3, 0.4) is 0 Å². The van der Waals surface area contributed by atoms with Crippen LogP contribution in [0.2, 0.25) is 0 Å². The van der Waals surface area contributed by atoms with Gasteiger partial charge in [-0.3, -0.25) is 4.79 Å². The van der Waals surface area contributed by atoms with Crippen LogP contribution < -0.4 is 4.74 Å². The summed E-state index contributed by atoms with van der Waals surface area (Å²) in [6.45, 7) is 3.54. The number of rotatable bonds is 1. The van der Waals surface area contributed by atoms with Gasteiger partial charge in [0.05, 0.1) is 11.1 Å². The molecule has 174 valence electrons. The Balaban J connectivity index is 1.47. The number of amides is 1. The van der Waals surface area contributed by atoms with Gasteiger partial charge in [0.25, 0.3) is 5.91 Å². The molecule has 34 heavy (non-hydrogen) atoms. The highest BCUT2D eigenvalue weighted by molar-refractivity contribution is 6.04. The van der Waals surface area contributed by atoms with Gasteiger partial charge in [0.1, 0.15) is 17.3 Å². The summed E-state index contributed by atoms with van der Waals surface area (Å²) in [5.74, 6) is 1.09. The molecular formula is C26H22F3N3O2. The average molecular weight is 465 g/mol. The molecule has 0 aromatic heterocycles. The summed E-state index contributed by atoms with van der Waals surface area (Å²) in [5.41, 5.74) is 0.878. The fraction of sp³-hybridized carbons (Fsp3) is 0.231. The van der Waals surface area contributed by atoms with E-state index in [1.165, 1.54) is 6.07 Å². The molecule has 0 saturated carbocycles. The molecule has 0 aliphatic carbocycles. The highest BCUT2D eigenvalue weighted by Gasteiger charge is 2.34. The quantitative estimate of drug-likeness (QED) is 0.461. The summed E-state index contributed by atoms with van der Waals surface area (Å²) < 4.78 is 45.7. The van der Waals surface area contributed by atoms with Gasteiger partial charge in [0, 0.05) is 31.2 Å². The largest absolute Gasteiger partial charge is 0.454 e. The number of hydrogen-bond donors (Lipinski definition) is 0. The number of carbonyl (C=O) groups excluding carboxylic acids is 1. The minimum absolute atomic E-state index is 0.0238. The van der Waals surface area contributed by atoms with E-state index in [0.29, 0.717) is 48.0 Å². The van der Waals surface area contributed by atoms with Crippen molar-refractivity contribution in [1.29, 1.82) is 0 Å². The van der Waals surface area contributed by atoms with Gasteiger partial charge in [-0.15, -0.1) is 0 Å². The number of alkyl halides is 3. The van der Waals surface area contributed by atoms with Gasteiger partial charge in [0.15, 0.2) is 5.75 Å². The fourth-order valence-corrected chi connectivity index (χ4v) is 4.34. The Kier molecular flexibility index (Phi) is 5.51. The van der Waals surface area contributed by atoms with Crippen molar-refractivity contribution in [3.8, 4) is 11.5 Å². The molecule has 1 amide bonds. The standard InChI is InChI=1S/C26H22F3N3O2/c1-17-16-31(13-14-32(17)25(33)18-7-3-2-4-8-18)24-20-9-5-6-10-22(20)34-23-15-19(26(27,28)29)11-12-21(23)30-24/h2-12,15,17H,13-14,16H2,1H3. The monoisotopic (exact) mass is 465 g/mol. The van der Waals surface area contributed by atoms with Crippen LogP contribution in [0.5, 0.6) is 11.5 Å². The Hall–Kier alpha value is -3.81. The summed E-state index contributed by atoms with van der Waals surface area (Å²) in [6, 6.07) is 19.6. The second-order valence-corrected chi connectivity index (χ2v) is 8.37. The van der Waals surface area contributed by atoms with Crippen molar-refractivity contribution < 1.29 is 22.7 Å². The van der Waals surface area contributed by atoms with Gasteiger partial charge in [0.2, 0.25) is 0 Å². The lowest BCUT2D eigenvalue weighted by atomic mass is 10.1. The van der Waals surface area contributed by atoms with E-state index in [2.05, 4.69) is 4.90 Å². The highest BCUT2D eigenvalue weighted by Crippen LogP contribution is 2.42. The number of amidine groups is 1. The molecule has 2 aliphatic rings. The maximum Gasteiger partial charge on any atom is 0.416 e. The zero-order valence-electron chi connectivity index (χ0n) is 18.4. The molecule has 0 bridgehead atoms. The zero-order chi connectivity index (χ0) is 23.9. The first kappa shape index (κ1) is 22.0. The Morgan fingerprint density at radius 2 is 1.71 bits per heavy atom. The normalized spacial score (nSPS) is 17.8. The van der Waals surface area contributed by atoms with Crippen LogP contribution in [-0.4, -0.2) is 47.2 Å². The van der Waals surface area contributed by atoms with Gasteiger partial charge in [-0.1, -0.05) is 30.3 Å². The van der Waals surface area contributed by atoms with Crippen molar-refractivity contribution in [3.05, 3.63) is 89.5 Å². The van der Waals surface area contributed by atoms with E-state index in [1.54, 1.807) is 24.3 Å². The SMILES string of the molecule is CC1CN(C2=Nc3ccc(C(F)(F)F)cc3Oc3ccccc32)CCN1C(=O)c1ccccc1. The fourth-order valence-electron chi connectivity index (χ4n) is 4.34. The number of hydrogen-bond acceptors (Lipinski definition) is 4. The number of ether oxygens (including phenoxy) is 1. The predicted octanol–water partition coefficient (Wildman–Crippen LogP) is 5.74. The molecule has 5 rings (SSSR count). The average Bonchev–Trinajstić information content (AvgIpc) is 3.00. The van der Waals surface area contributed by atoms with E-state index in [9.17, 15) is 18.0 Å². The molecule has 1 unspecified atom stereocenters. The van der Waals surface area contributed by atoms with E-state index in [4.69, 9.17) is 9.73 Å². The van der Waals surface area contributed by atoms with E-state index in [1.807, 2.05) is 42.2 Å². The van der Waals surface area contributed by atoms with Gasteiger partial charge in [-0.05, 0) is 49.4 Å². The maximum atomic E-state index is 13.3. The predicted molar refractivity (Wildman–Crippen MR) is 123 cm³/mol. The first-order chi connectivity index (χ1) is 16.3. The molecule has 1 atom stereocenters. The van der Waals surface area contributed by atoms with Crippen molar-refractivity contribution in [1.82, 2.24) is 9.80 Å². The van der Waals surface area contributed by atoms with Gasteiger partial charge < -0.3 is 14.5 Å². The maximum absolute atomic E-state index is 13.3. The Labute approximate surface area is 195 Å². The summed E-state index contributed by atoms with van der Waals surface area (Å²) >= 11 is 0. The number of aliphatic imine (C=N–C) groups is 1. The number of para-hydroxylation sites is 1. The van der Waals surface area contributed by atoms with E-state index < -0.39 is 11.7 Å². The number of fused-ring (bicyclic) bond motifs is 2. The third-order valence-electron chi connectivity index (χ3n) is 6.07. The summed E-state index contributed by atoms with van der Waals surface area (Å²) in [6.07, 6.45) is -4.48. The molecule has 1 fully saturated rings. The number of benzene rings is 3.